The van der Waals surface area contributed by atoms with Crippen molar-refractivity contribution in [2.45, 2.75) is 0 Å². The van der Waals surface area contributed by atoms with Crippen LogP contribution in [0.5, 0.6) is 0 Å². The molecule has 1 heterocycles. The molecule has 3 nitrogen and oxygen atoms in total. The molecule has 2 rings (SSSR count). The van der Waals surface area contributed by atoms with Crippen LogP contribution < -0.4 is 0 Å². The molecule has 6 heteroatoms. The summed E-state index contributed by atoms with van der Waals surface area (Å²) in [4.78, 5) is 0. The van der Waals surface area contributed by atoms with Crippen molar-refractivity contribution in [2.75, 3.05) is 0 Å². The molecule has 0 aliphatic heterocycles. The predicted octanol–water partition coefficient (Wildman–Crippen LogP) is 3.56. The lowest BCUT2D eigenvalue weighted by Gasteiger charge is -2.04. The molecule has 0 radical (unpaired) electrons. The van der Waals surface area contributed by atoms with Gasteiger partial charge < -0.3 is 4.57 Å². The summed E-state index contributed by atoms with van der Waals surface area (Å²) in [5.41, 5.74) is 0.848. The second kappa shape index (κ2) is 4.08. The SMILES string of the molecule is Cn1c(-c2cccc(Br)c2Cl)n[nH]c1=S. The average molecular weight is 305 g/mol. The Morgan fingerprint density at radius 3 is 2.87 bits per heavy atom. The lowest BCUT2D eigenvalue weighted by Crippen LogP contribution is -1.93. The lowest BCUT2D eigenvalue weighted by atomic mass is 10.2. The molecule has 1 aromatic carbocycles. The first-order chi connectivity index (χ1) is 7.11. The maximum Gasteiger partial charge on any atom is 0.195 e. The number of nitrogens with one attached hydrogen (secondary N) is 1. The smallest absolute Gasteiger partial charge is 0.195 e. The molecule has 0 aliphatic rings. The highest BCUT2D eigenvalue weighted by atomic mass is 79.9. The lowest BCUT2D eigenvalue weighted by molar-refractivity contribution is 0.902. The third-order valence-corrected chi connectivity index (χ3v) is 3.73. The third-order valence-electron chi connectivity index (χ3n) is 2.07. The van der Waals surface area contributed by atoms with Gasteiger partial charge in [-0.25, -0.2) is 0 Å². The van der Waals surface area contributed by atoms with Crippen molar-refractivity contribution in [3.63, 3.8) is 0 Å². The third kappa shape index (κ3) is 1.87. The molecule has 0 atom stereocenters. The Morgan fingerprint density at radius 2 is 2.27 bits per heavy atom. The Labute approximate surface area is 105 Å². The molecule has 0 fully saturated rings. The van der Waals surface area contributed by atoms with Crippen LogP contribution in [0.25, 0.3) is 11.4 Å². The fourth-order valence-corrected chi connectivity index (χ4v) is 1.97. The molecule has 78 valence electrons. The second-order valence-corrected chi connectivity index (χ2v) is 4.63. The Balaban J connectivity index is 2.69. The van der Waals surface area contributed by atoms with E-state index in [9.17, 15) is 0 Å². The van der Waals surface area contributed by atoms with Gasteiger partial charge in [0.2, 0.25) is 0 Å². The van der Waals surface area contributed by atoms with Crippen LogP contribution in [0.2, 0.25) is 5.02 Å². The number of hydrogen-bond donors (Lipinski definition) is 1. The van der Waals surface area contributed by atoms with E-state index in [1.807, 2.05) is 25.2 Å². The molecule has 1 aromatic heterocycles. The van der Waals surface area contributed by atoms with Crippen LogP contribution in [-0.2, 0) is 7.05 Å². The molecule has 0 unspecified atom stereocenters. The van der Waals surface area contributed by atoms with Crippen LogP contribution in [0.1, 0.15) is 0 Å². The number of H-pyrrole nitrogens is 1. The number of nitrogens with zero attached hydrogens (tertiary/aromatic N) is 2. The van der Waals surface area contributed by atoms with E-state index in [-0.39, 0.29) is 0 Å². The molecular formula is C9H7BrClN3S. The van der Waals surface area contributed by atoms with Gasteiger partial charge >= 0.3 is 0 Å². The largest absolute Gasteiger partial charge is 0.303 e. The van der Waals surface area contributed by atoms with Crippen LogP contribution in [0.3, 0.4) is 0 Å². The van der Waals surface area contributed by atoms with Crippen molar-refractivity contribution in [3.05, 3.63) is 32.5 Å². The summed E-state index contributed by atoms with van der Waals surface area (Å²) in [7, 11) is 1.85. The van der Waals surface area contributed by atoms with Crippen LogP contribution in [0, 0.1) is 4.77 Å². The summed E-state index contributed by atoms with van der Waals surface area (Å²) in [6, 6.07) is 5.69. The zero-order chi connectivity index (χ0) is 11.0. The van der Waals surface area contributed by atoms with E-state index in [1.165, 1.54) is 0 Å². The number of halogens is 2. The van der Waals surface area contributed by atoms with Crippen molar-refractivity contribution < 1.29 is 0 Å². The monoisotopic (exact) mass is 303 g/mol. The van der Waals surface area contributed by atoms with Crippen LogP contribution >= 0.6 is 39.7 Å². The highest BCUT2D eigenvalue weighted by Crippen LogP contribution is 2.32. The molecular weight excluding hydrogens is 298 g/mol. The molecule has 0 aliphatic carbocycles. The fourth-order valence-electron chi connectivity index (χ4n) is 1.26. The number of benzene rings is 1. The Kier molecular flexibility index (Phi) is 2.95. The van der Waals surface area contributed by atoms with Crippen LogP contribution in [-0.4, -0.2) is 14.8 Å². The summed E-state index contributed by atoms with van der Waals surface area (Å²) in [5.74, 6) is 0.728. The highest BCUT2D eigenvalue weighted by molar-refractivity contribution is 9.10. The van der Waals surface area contributed by atoms with E-state index < -0.39 is 0 Å². The molecule has 0 bridgehead atoms. The second-order valence-electron chi connectivity index (χ2n) is 3.01. The van der Waals surface area contributed by atoms with Crippen LogP contribution in [0.4, 0.5) is 0 Å². The first-order valence-corrected chi connectivity index (χ1v) is 5.75. The van der Waals surface area contributed by atoms with Gasteiger partial charge in [-0.15, -0.1) is 0 Å². The number of rotatable bonds is 1. The minimum Gasteiger partial charge on any atom is -0.303 e. The van der Waals surface area contributed by atoms with E-state index >= 15 is 0 Å². The first kappa shape index (κ1) is 10.9. The van der Waals surface area contributed by atoms with Crippen molar-refractivity contribution in [1.82, 2.24) is 14.8 Å². The van der Waals surface area contributed by atoms with E-state index in [0.717, 1.165) is 15.9 Å². The van der Waals surface area contributed by atoms with Gasteiger partial charge in [-0.2, -0.15) is 5.10 Å². The topological polar surface area (TPSA) is 33.6 Å². The molecule has 0 spiro atoms. The van der Waals surface area contributed by atoms with E-state index in [1.54, 1.807) is 4.57 Å². The van der Waals surface area contributed by atoms with Crippen molar-refractivity contribution >= 4 is 39.7 Å². The first-order valence-electron chi connectivity index (χ1n) is 4.17. The molecule has 0 saturated carbocycles. The maximum absolute atomic E-state index is 6.16. The Bertz CT molecular complexity index is 561. The highest BCUT2D eigenvalue weighted by Gasteiger charge is 2.11. The van der Waals surface area contributed by atoms with E-state index in [2.05, 4.69) is 26.1 Å². The maximum atomic E-state index is 6.16. The van der Waals surface area contributed by atoms with E-state index in [0.29, 0.717) is 9.79 Å². The summed E-state index contributed by atoms with van der Waals surface area (Å²) in [5, 5.41) is 7.49. The van der Waals surface area contributed by atoms with Gasteiger partial charge in [0.15, 0.2) is 10.6 Å². The van der Waals surface area contributed by atoms with E-state index in [4.69, 9.17) is 23.8 Å². The minimum atomic E-state index is 0.570. The standard InChI is InChI=1S/C9H7BrClN3S/c1-14-8(12-13-9(14)15)5-3-2-4-6(10)7(5)11/h2-4H,1H3,(H,13,15). The number of aromatic amines is 1. The van der Waals surface area contributed by atoms with Crippen molar-refractivity contribution in [1.29, 1.82) is 0 Å². The fraction of sp³-hybridized carbons (Fsp3) is 0.111. The quantitative estimate of drug-likeness (QED) is 0.817. The Hall–Kier alpha value is -0.650. The zero-order valence-corrected chi connectivity index (χ0v) is 10.9. The molecule has 2 aromatic rings. The molecule has 0 amide bonds. The summed E-state index contributed by atoms with van der Waals surface area (Å²) >= 11 is 14.6. The number of aromatic nitrogens is 3. The Morgan fingerprint density at radius 1 is 1.53 bits per heavy atom. The van der Waals surface area contributed by atoms with Gasteiger partial charge in [-0.1, -0.05) is 17.7 Å². The predicted molar refractivity (Wildman–Crippen MR) is 66.5 cm³/mol. The summed E-state index contributed by atoms with van der Waals surface area (Å²) < 4.78 is 3.19. The molecule has 1 N–H and O–H groups in total. The van der Waals surface area contributed by atoms with Gasteiger partial charge in [-0.05, 0) is 40.3 Å². The van der Waals surface area contributed by atoms with Gasteiger partial charge in [0, 0.05) is 17.1 Å². The minimum absolute atomic E-state index is 0.570. The van der Waals surface area contributed by atoms with Gasteiger partial charge in [0.25, 0.3) is 0 Å². The average Bonchev–Trinajstić information content (AvgIpc) is 2.53. The molecule has 15 heavy (non-hydrogen) atoms. The summed E-state index contributed by atoms with van der Waals surface area (Å²) in [6.07, 6.45) is 0. The summed E-state index contributed by atoms with van der Waals surface area (Å²) in [6.45, 7) is 0. The molecule has 0 saturated heterocycles. The van der Waals surface area contributed by atoms with Crippen molar-refractivity contribution in [2.24, 2.45) is 7.05 Å². The van der Waals surface area contributed by atoms with Gasteiger partial charge in [0.05, 0.1) is 5.02 Å². The van der Waals surface area contributed by atoms with Crippen molar-refractivity contribution in [3.8, 4) is 11.4 Å². The zero-order valence-electron chi connectivity index (χ0n) is 7.79. The van der Waals surface area contributed by atoms with Gasteiger partial charge in [0.1, 0.15) is 0 Å². The van der Waals surface area contributed by atoms with Gasteiger partial charge in [-0.3, -0.25) is 5.10 Å². The number of hydrogen-bond acceptors (Lipinski definition) is 2. The normalized spacial score (nSPS) is 10.6. The van der Waals surface area contributed by atoms with Crippen LogP contribution in [0.15, 0.2) is 22.7 Å².